The van der Waals surface area contributed by atoms with Gasteiger partial charge in [-0.05, 0) is 56.3 Å². The summed E-state index contributed by atoms with van der Waals surface area (Å²) in [7, 11) is 0. The van der Waals surface area contributed by atoms with Crippen LogP contribution in [0, 0.1) is 13.8 Å². The van der Waals surface area contributed by atoms with Crippen LogP contribution in [-0.4, -0.2) is 34.3 Å². The summed E-state index contributed by atoms with van der Waals surface area (Å²) in [6, 6.07) is 11.7. The first-order chi connectivity index (χ1) is 14.2. The third kappa shape index (κ3) is 4.86. The van der Waals surface area contributed by atoms with E-state index in [1.165, 1.54) is 36.5 Å². The summed E-state index contributed by atoms with van der Waals surface area (Å²) < 4.78 is 47.6. The molecule has 9 heteroatoms. The van der Waals surface area contributed by atoms with Gasteiger partial charge in [-0.25, -0.2) is 9.78 Å². The second-order valence-electron chi connectivity index (χ2n) is 6.38. The van der Waals surface area contributed by atoms with Crippen molar-refractivity contribution >= 4 is 11.8 Å². The summed E-state index contributed by atoms with van der Waals surface area (Å²) in [4.78, 5) is 28.4. The standard InChI is InChI=1S/C21H17F3N2O4/c1-13-11-17(19(27)12-29-20(28)18-5-3-4-10-25-18)14(2)26(13)15-6-8-16(9-7-15)30-21(22,23)24/h3-11H,12H2,1-2H3. The van der Waals surface area contributed by atoms with Crippen LogP contribution in [0.25, 0.3) is 5.69 Å². The predicted octanol–water partition coefficient (Wildman–Crippen LogP) is 4.43. The van der Waals surface area contributed by atoms with E-state index in [1.54, 1.807) is 36.6 Å². The molecule has 0 aliphatic heterocycles. The molecule has 0 atom stereocenters. The van der Waals surface area contributed by atoms with E-state index < -0.39 is 24.7 Å². The normalized spacial score (nSPS) is 11.2. The quantitative estimate of drug-likeness (QED) is 0.438. The van der Waals surface area contributed by atoms with Gasteiger partial charge in [0, 0.05) is 28.8 Å². The molecule has 0 bridgehead atoms. The highest BCUT2D eigenvalue weighted by molar-refractivity contribution is 6.00. The first-order valence-electron chi connectivity index (χ1n) is 8.82. The van der Waals surface area contributed by atoms with Crippen molar-refractivity contribution in [3.8, 4) is 11.4 Å². The van der Waals surface area contributed by atoms with Crippen molar-refractivity contribution in [2.24, 2.45) is 0 Å². The maximum absolute atomic E-state index is 12.6. The van der Waals surface area contributed by atoms with Crippen LogP contribution in [-0.2, 0) is 4.74 Å². The lowest BCUT2D eigenvalue weighted by Crippen LogP contribution is -2.17. The van der Waals surface area contributed by atoms with Gasteiger partial charge in [-0.3, -0.25) is 4.79 Å². The molecule has 0 unspecified atom stereocenters. The minimum absolute atomic E-state index is 0.0944. The number of Topliss-reactive ketones (excluding diaryl/α,β-unsaturated/α-hetero) is 1. The summed E-state index contributed by atoms with van der Waals surface area (Å²) in [6.07, 6.45) is -3.33. The molecule has 0 N–H and O–H groups in total. The number of rotatable bonds is 6. The van der Waals surface area contributed by atoms with Gasteiger partial charge >= 0.3 is 12.3 Å². The number of aryl methyl sites for hydroxylation is 1. The molecule has 0 radical (unpaired) electrons. The number of benzene rings is 1. The Bertz CT molecular complexity index is 1060. The molecule has 3 rings (SSSR count). The van der Waals surface area contributed by atoms with Gasteiger partial charge in [0.05, 0.1) is 0 Å². The highest BCUT2D eigenvalue weighted by Gasteiger charge is 2.31. The minimum Gasteiger partial charge on any atom is -0.453 e. The molecule has 156 valence electrons. The zero-order chi connectivity index (χ0) is 21.9. The van der Waals surface area contributed by atoms with Gasteiger partial charge in [-0.1, -0.05) is 6.07 Å². The fourth-order valence-corrected chi connectivity index (χ4v) is 3.01. The molecule has 3 aromatic rings. The van der Waals surface area contributed by atoms with Gasteiger partial charge in [-0.15, -0.1) is 13.2 Å². The van der Waals surface area contributed by atoms with Crippen molar-refractivity contribution < 1.29 is 32.2 Å². The fourth-order valence-electron chi connectivity index (χ4n) is 3.01. The number of nitrogens with zero attached hydrogens (tertiary/aromatic N) is 2. The first-order valence-corrected chi connectivity index (χ1v) is 8.82. The van der Waals surface area contributed by atoms with Crippen LogP contribution in [0.2, 0.25) is 0 Å². The van der Waals surface area contributed by atoms with E-state index in [4.69, 9.17) is 4.74 Å². The fraction of sp³-hybridized carbons (Fsp3) is 0.190. The van der Waals surface area contributed by atoms with Gasteiger partial charge in [0.2, 0.25) is 5.78 Å². The lowest BCUT2D eigenvalue weighted by molar-refractivity contribution is -0.274. The average molecular weight is 418 g/mol. The minimum atomic E-state index is -4.77. The zero-order valence-corrected chi connectivity index (χ0v) is 16.1. The van der Waals surface area contributed by atoms with Gasteiger partial charge in [0.25, 0.3) is 0 Å². The van der Waals surface area contributed by atoms with Gasteiger partial charge in [-0.2, -0.15) is 0 Å². The molecule has 6 nitrogen and oxygen atoms in total. The SMILES string of the molecule is Cc1cc(C(=O)COC(=O)c2ccccn2)c(C)n1-c1ccc(OC(F)(F)F)cc1. The number of carbonyl (C=O) groups excluding carboxylic acids is 2. The van der Waals surface area contributed by atoms with Crippen molar-refractivity contribution in [2.75, 3.05) is 6.61 Å². The molecule has 0 amide bonds. The number of hydrogen-bond acceptors (Lipinski definition) is 5. The Morgan fingerprint density at radius 1 is 1.07 bits per heavy atom. The van der Waals surface area contributed by atoms with Crippen LogP contribution in [0.1, 0.15) is 32.2 Å². The monoisotopic (exact) mass is 418 g/mol. The van der Waals surface area contributed by atoms with Crippen LogP contribution in [0.15, 0.2) is 54.7 Å². The van der Waals surface area contributed by atoms with Crippen LogP contribution in [0.3, 0.4) is 0 Å². The van der Waals surface area contributed by atoms with E-state index in [1.807, 2.05) is 0 Å². The Morgan fingerprint density at radius 3 is 2.37 bits per heavy atom. The Morgan fingerprint density at radius 2 is 1.77 bits per heavy atom. The molecule has 0 fully saturated rings. The van der Waals surface area contributed by atoms with E-state index in [2.05, 4.69) is 9.72 Å². The molecule has 1 aromatic carbocycles. The second-order valence-corrected chi connectivity index (χ2v) is 6.38. The average Bonchev–Trinajstić information content (AvgIpc) is 3.00. The first kappa shape index (κ1) is 21.1. The smallest absolute Gasteiger partial charge is 0.453 e. The second kappa shape index (κ2) is 8.40. The summed E-state index contributed by atoms with van der Waals surface area (Å²) in [5.41, 5.74) is 2.25. The van der Waals surface area contributed by atoms with Crippen LogP contribution in [0.5, 0.6) is 5.75 Å². The molecule has 0 saturated carbocycles. The molecular weight excluding hydrogens is 401 g/mol. The van der Waals surface area contributed by atoms with Crippen molar-refractivity contribution in [3.05, 3.63) is 77.4 Å². The topological polar surface area (TPSA) is 70.4 Å². The summed E-state index contributed by atoms with van der Waals surface area (Å²) in [5.74, 6) is -1.46. The lowest BCUT2D eigenvalue weighted by Gasteiger charge is -2.12. The molecule has 2 heterocycles. The summed E-state index contributed by atoms with van der Waals surface area (Å²) >= 11 is 0. The van der Waals surface area contributed by atoms with Crippen LogP contribution < -0.4 is 4.74 Å². The van der Waals surface area contributed by atoms with Crippen LogP contribution in [0.4, 0.5) is 13.2 Å². The Labute approximate surface area is 169 Å². The van der Waals surface area contributed by atoms with Crippen molar-refractivity contribution in [3.63, 3.8) is 0 Å². The van der Waals surface area contributed by atoms with Gasteiger partial charge < -0.3 is 14.0 Å². The Kier molecular flexibility index (Phi) is 5.91. The number of esters is 1. The molecular formula is C21H17F3N2O4. The summed E-state index contributed by atoms with van der Waals surface area (Å²) in [5, 5.41) is 0. The van der Waals surface area contributed by atoms with Gasteiger partial charge in [0.15, 0.2) is 6.61 Å². The molecule has 0 aliphatic carbocycles. The number of hydrogen-bond donors (Lipinski definition) is 0. The van der Waals surface area contributed by atoms with Gasteiger partial charge in [0.1, 0.15) is 11.4 Å². The maximum atomic E-state index is 12.6. The molecule has 2 aromatic heterocycles. The lowest BCUT2D eigenvalue weighted by atomic mass is 10.1. The van der Waals surface area contributed by atoms with E-state index in [9.17, 15) is 22.8 Å². The Balaban J connectivity index is 1.75. The number of ketones is 1. The molecule has 0 saturated heterocycles. The third-order valence-corrected chi connectivity index (χ3v) is 4.27. The molecule has 0 spiro atoms. The molecule has 0 aliphatic rings. The Hall–Kier alpha value is -3.62. The largest absolute Gasteiger partial charge is 0.573 e. The number of carbonyl (C=O) groups is 2. The van der Waals surface area contributed by atoms with Crippen molar-refractivity contribution in [1.29, 1.82) is 0 Å². The highest BCUT2D eigenvalue weighted by atomic mass is 19.4. The van der Waals surface area contributed by atoms with E-state index >= 15 is 0 Å². The van der Waals surface area contributed by atoms with E-state index in [0.29, 0.717) is 22.6 Å². The van der Waals surface area contributed by atoms with E-state index in [0.717, 1.165) is 0 Å². The number of alkyl halides is 3. The number of aromatic nitrogens is 2. The summed E-state index contributed by atoms with van der Waals surface area (Å²) in [6.45, 7) is 2.99. The number of halogens is 3. The van der Waals surface area contributed by atoms with Crippen molar-refractivity contribution in [2.45, 2.75) is 20.2 Å². The van der Waals surface area contributed by atoms with Crippen LogP contribution >= 0.6 is 0 Å². The molecule has 30 heavy (non-hydrogen) atoms. The maximum Gasteiger partial charge on any atom is 0.573 e. The van der Waals surface area contributed by atoms with Crippen molar-refractivity contribution in [1.82, 2.24) is 9.55 Å². The number of ether oxygens (including phenoxy) is 2. The number of pyridine rings is 1. The highest BCUT2D eigenvalue weighted by Crippen LogP contribution is 2.26. The van der Waals surface area contributed by atoms with E-state index in [-0.39, 0.29) is 11.4 Å². The third-order valence-electron chi connectivity index (χ3n) is 4.27. The zero-order valence-electron chi connectivity index (χ0n) is 16.1. The predicted molar refractivity (Wildman–Crippen MR) is 101 cm³/mol.